The topological polar surface area (TPSA) is 84.6 Å². The van der Waals surface area contributed by atoms with Gasteiger partial charge in [0.15, 0.2) is 0 Å². The molecule has 0 spiro atoms. The van der Waals surface area contributed by atoms with Gasteiger partial charge >= 0.3 is 12.1 Å². The van der Waals surface area contributed by atoms with Gasteiger partial charge in [-0.2, -0.15) is 18.2 Å². The molecular weight excluding hydrogens is 403 g/mol. The highest BCUT2D eigenvalue weighted by Crippen LogP contribution is 2.30. The molecule has 162 valence electrons. The Bertz CT molecular complexity index is 882. The number of amides is 1. The van der Waals surface area contributed by atoms with Crippen LogP contribution in [0.15, 0.2) is 22.7 Å². The quantitative estimate of drug-likeness (QED) is 0.742. The smallest absolute Gasteiger partial charge is 0.379 e. The summed E-state index contributed by atoms with van der Waals surface area (Å²) in [6.45, 7) is 4.36. The third kappa shape index (κ3) is 4.78. The largest absolute Gasteiger partial charge is 0.471 e. The Morgan fingerprint density at radius 3 is 2.70 bits per heavy atom. The number of hydrogen-bond acceptors (Lipinski definition) is 7. The van der Waals surface area contributed by atoms with Gasteiger partial charge in [0.1, 0.15) is 5.69 Å². The fraction of sp³-hybridized carbons (Fsp3) is 0.579. The fourth-order valence-electron chi connectivity index (χ4n) is 3.74. The number of morpholine rings is 1. The molecule has 0 aliphatic carbocycles. The number of nitrogens with zero attached hydrogens (tertiary/aromatic N) is 5. The summed E-state index contributed by atoms with van der Waals surface area (Å²) in [6.07, 6.45) is -3.02. The molecule has 1 amide bonds. The summed E-state index contributed by atoms with van der Waals surface area (Å²) in [4.78, 5) is 24.5. The maximum atomic E-state index is 12.7. The zero-order valence-corrected chi connectivity index (χ0v) is 16.3. The highest BCUT2D eigenvalue weighted by atomic mass is 19.4. The monoisotopic (exact) mass is 425 g/mol. The van der Waals surface area contributed by atoms with E-state index in [9.17, 15) is 18.0 Å². The Hall–Kier alpha value is -2.53. The molecule has 8 nitrogen and oxygen atoms in total. The van der Waals surface area contributed by atoms with Crippen LogP contribution in [0, 0.1) is 0 Å². The standard InChI is InChI=1S/C19H22F3N5O3/c20-19(21,22)18-24-17(25-30-18)15-5-1-4-14(23-15)13-3-2-6-27(11-13)16(28)12-26-7-9-29-10-8-26/h1,4-5,13H,2-3,6-12H2. The summed E-state index contributed by atoms with van der Waals surface area (Å²) in [5, 5.41) is 3.40. The maximum absolute atomic E-state index is 12.7. The first kappa shape index (κ1) is 20.7. The van der Waals surface area contributed by atoms with Crippen molar-refractivity contribution in [1.29, 1.82) is 0 Å². The predicted octanol–water partition coefficient (Wildman–Crippen LogP) is 2.19. The van der Waals surface area contributed by atoms with Crippen molar-refractivity contribution in [3.8, 4) is 11.5 Å². The maximum Gasteiger partial charge on any atom is 0.471 e. The van der Waals surface area contributed by atoms with E-state index in [0.717, 1.165) is 25.9 Å². The molecule has 0 radical (unpaired) electrons. The van der Waals surface area contributed by atoms with Crippen LogP contribution in [-0.2, 0) is 15.7 Å². The number of halogens is 3. The van der Waals surface area contributed by atoms with E-state index in [1.54, 1.807) is 12.1 Å². The molecule has 2 aliphatic heterocycles. The van der Waals surface area contributed by atoms with Crippen LogP contribution in [0.25, 0.3) is 11.5 Å². The summed E-state index contributed by atoms with van der Waals surface area (Å²) < 4.78 is 47.7. The van der Waals surface area contributed by atoms with Crippen molar-refractivity contribution in [3.05, 3.63) is 29.8 Å². The highest BCUT2D eigenvalue weighted by molar-refractivity contribution is 5.78. The van der Waals surface area contributed by atoms with Crippen LogP contribution >= 0.6 is 0 Å². The van der Waals surface area contributed by atoms with Crippen molar-refractivity contribution in [1.82, 2.24) is 24.9 Å². The normalized spacial score (nSPS) is 21.0. The Kier molecular flexibility index (Phi) is 6.00. The van der Waals surface area contributed by atoms with Crippen molar-refractivity contribution in [3.63, 3.8) is 0 Å². The Morgan fingerprint density at radius 1 is 1.17 bits per heavy atom. The molecule has 4 rings (SSSR count). The molecule has 0 saturated carbocycles. The van der Waals surface area contributed by atoms with Crippen LogP contribution in [0.2, 0.25) is 0 Å². The van der Waals surface area contributed by atoms with Crippen LogP contribution in [0.4, 0.5) is 13.2 Å². The summed E-state index contributed by atoms with van der Waals surface area (Å²) >= 11 is 0. The van der Waals surface area contributed by atoms with Crippen LogP contribution in [0.3, 0.4) is 0 Å². The van der Waals surface area contributed by atoms with Gasteiger partial charge in [-0.3, -0.25) is 9.69 Å². The van der Waals surface area contributed by atoms with Crippen LogP contribution in [0.5, 0.6) is 0 Å². The second-order valence-electron chi connectivity index (χ2n) is 7.44. The minimum atomic E-state index is -4.70. The minimum absolute atomic E-state index is 0.00123. The number of rotatable bonds is 4. The number of pyridine rings is 1. The van der Waals surface area contributed by atoms with E-state index in [-0.39, 0.29) is 23.3 Å². The minimum Gasteiger partial charge on any atom is -0.379 e. The average molecular weight is 425 g/mol. The summed E-state index contributed by atoms with van der Waals surface area (Å²) in [5.74, 6) is -1.53. The predicted molar refractivity (Wildman–Crippen MR) is 98.3 cm³/mol. The van der Waals surface area contributed by atoms with Crippen molar-refractivity contribution in [2.45, 2.75) is 24.9 Å². The lowest BCUT2D eigenvalue weighted by atomic mass is 9.94. The lowest BCUT2D eigenvalue weighted by Crippen LogP contribution is -2.47. The van der Waals surface area contributed by atoms with E-state index < -0.39 is 12.1 Å². The van der Waals surface area contributed by atoms with Gasteiger partial charge in [0.05, 0.1) is 19.8 Å². The zero-order valence-electron chi connectivity index (χ0n) is 16.3. The van der Waals surface area contributed by atoms with Crippen molar-refractivity contribution < 1.29 is 27.2 Å². The van der Waals surface area contributed by atoms with Gasteiger partial charge in [0, 0.05) is 37.8 Å². The van der Waals surface area contributed by atoms with Gasteiger partial charge in [-0.05, 0) is 25.0 Å². The molecule has 4 heterocycles. The van der Waals surface area contributed by atoms with Crippen LogP contribution in [0.1, 0.15) is 30.3 Å². The number of likely N-dealkylation sites (tertiary alicyclic amines) is 1. The molecule has 2 saturated heterocycles. The van der Waals surface area contributed by atoms with E-state index >= 15 is 0 Å². The molecule has 2 aromatic heterocycles. The number of piperidine rings is 1. The molecule has 2 aromatic rings. The number of aromatic nitrogens is 3. The molecule has 11 heteroatoms. The summed E-state index contributed by atoms with van der Waals surface area (Å²) in [5.41, 5.74) is 0.915. The van der Waals surface area contributed by atoms with Crippen LogP contribution < -0.4 is 0 Å². The number of alkyl halides is 3. The molecule has 0 bridgehead atoms. The fourth-order valence-corrected chi connectivity index (χ4v) is 3.74. The molecule has 2 aliphatic rings. The summed E-state index contributed by atoms with van der Waals surface area (Å²) in [6, 6.07) is 5.06. The van der Waals surface area contributed by atoms with E-state index in [2.05, 4.69) is 24.5 Å². The Morgan fingerprint density at radius 2 is 1.97 bits per heavy atom. The number of carbonyl (C=O) groups excluding carboxylic acids is 1. The van der Waals surface area contributed by atoms with Gasteiger partial charge < -0.3 is 14.2 Å². The summed E-state index contributed by atoms with van der Waals surface area (Å²) in [7, 11) is 0. The van der Waals surface area contributed by atoms with E-state index in [1.807, 2.05) is 11.0 Å². The van der Waals surface area contributed by atoms with Gasteiger partial charge in [0.2, 0.25) is 11.7 Å². The van der Waals surface area contributed by atoms with Gasteiger partial charge in [-0.1, -0.05) is 11.2 Å². The molecule has 0 aromatic carbocycles. The molecular formula is C19H22F3N5O3. The molecule has 30 heavy (non-hydrogen) atoms. The van der Waals surface area contributed by atoms with Crippen molar-refractivity contribution in [2.24, 2.45) is 0 Å². The molecule has 1 atom stereocenters. The van der Waals surface area contributed by atoms with Gasteiger partial charge in [-0.25, -0.2) is 4.98 Å². The first-order chi connectivity index (χ1) is 14.4. The van der Waals surface area contributed by atoms with Crippen molar-refractivity contribution >= 4 is 5.91 Å². The molecule has 2 fully saturated rings. The number of ether oxygens (including phenoxy) is 1. The van der Waals surface area contributed by atoms with E-state index in [0.29, 0.717) is 38.5 Å². The second-order valence-corrected chi connectivity index (χ2v) is 7.44. The van der Waals surface area contributed by atoms with E-state index in [1.165, 1.54) is 0 Å². The Balaban J connectivity index is 1.44. The van der Waals surface area contributed by atoms with Gasteiger partial charge in [0.25, 0.3) is 0 Å². The first-order valence-corrected chi connectivity index (χ1v) is 9.86. The molecule has 0 N–H and O–H groups in total. The lowest BCUT2D eigenvalue weighted by Gasteiger charge is -2.35. The van der Waals surface area contributed by atoms with Crippen molar-refractivity contribution in [2.75, 3.05) is 45.9 Å². The number of carbonyl (C=O) groups is 1. The second kappa shape index (κ2) is 8.68. The SMILES string of the molecule is O=C(CN1CCOCC1)N1CCCC(c2cccc(-c3noc(C(F)(F)F)n3)n2)C1. The van der Waals surface area contributed by atoms with Gasteiger partial charge in [-0.15, -0.1) is 0 Å². The Labute approximate surface area is 171 Å². The third-order valence-electron chi connectivity index (χ3n) is 5.32. The lowest BCUT2D eigenvalue weighted by molar-refractivity contribution is -0.159. The molecule has 1 unspecified atom stereocenters. The third-order valence-corrected chi connectivity index (χ3v) is 5.32. The van der Waals surface area contributed by atoms with Crippen LogP contribution in [-0.4, -0.2) is 76.8 Å². The average Bonchev–Trinajstić information content (AvgIpc) is 3.26. The van der Waals surface area contributed by atoms with E-state index in [4.69, 9.17) is 4.74 Å². The first-order valence-electron chi connectivity index (χ1n) is 9.86. The number of hydrogen-bond donors (Lipinski definition) is 0. The highest BCUT2D eigenvalue weighted by Gasteiger charge is 2.38. The zero-order chi connectivity index (χ0) is 21.1.